The van der Waals surface area contributed by atoms with Crippen LogP contribution in [0.4, 0.5) is 32.2 Å². The molecule has 0 unspecified atom stereocenters. The summed E-state index contributed by atoms with van der Waals surface area (Å²) in [6, 6.07) is 4.03. The lowest BCUT2D eigenvalue weighted by molar-refractivity contribution is -0.193. The van der Waals surface area contributed by atoms with Gasteiger partial charge in [-0.15, -0.1) is 0 Å². The van der Waals surface area contributed by atoms with Crippen LogP contribution in [0.3, 0.4) is 0 Å². The number of aliphatic carboxylic acids is 2. The van der Waals surface area contributed by atoms with Gasteiger partial charge in [-0.1, -0.05) is 0 Å². The van der Waals surface area contributed by atoms with E-state index in [0.717, 1.165) is 54.8 Å². The minimum absolute atomic E-state index is 0.935. The first-order valence-electron chi connectivity index (χ1n) is 11.6. The van der Waals surface area contributed by atoms with Gasteiger partial charge < -0.3 is 15.1 Å². The molecule has 0 spiro atoms. The van der Waals surface area contributed by atoms with Crippen LogP contribution in [0.5, 0.6) is 0 Å². The van der Waals surface area contributed by atoms with Gasteiger partial charge in [0.2, 0.25) is 0 Å². The van der Waals surface area contributed by atoms with Crippen LogP contribution in [0.15, 0.2) is 43.1 Å². The van der Waals surface area contributed by atoms with E-state index in [1.807, 2.05) is 43.1 Å². The third-order valence-corrected chi connectivity index (χ3v) is 5.76. The van der Waals surface area contributed by atoms with E-state index >= 15 is 0 Å². The normalized spacial score (nSPS) is 16.1. The van der Waals surface area contributed by atoms with Crippen molar-refractivity contribution in [3.05, 3.63) is 43.1 Å². The molecule has 39 heavy (non-hydrogen) atoms. The summed E-state index contributed by atoms with van der Waals surface area (Å²) >= 11 is 0. The third kappa shape index (κ3) is 8.53. The maximum absolute atomic E-state index is 10.6. The molecule has 1 saturated carbocycles. The number of piperazine rings is 1. The number of nitrogens with zero attached hydrogens (tertiary/aromatic N) is 6. The molecule has 1 aliphatic heterocycles. The highest BCUT2D eigenvalue weighted by Crippen LogP contribution is 2.30. The Labute approximate surface area is 217 Å². The molecule has 2 fully saturated rings. The van der Waals surface area contributed by atoms with Crippen molar-refractivity contribution < 1.29 is 46.1 Å². The Hall–Kier alpha value is -3.95. The molecular formula is C23H24F6N6O4. The van der Waals surface area contributed by atoms with Crippen LogP contribution in [0.25, 0.3) is 16.9 Å². The quantitative estimate of drug-likeness (QED) is 0.459. The molecule has 1 aliphatic carbocycles. The van der Waals surface area contributed by atoms with E-state index < -0.39 is 24.3 Å². The first kappa shape index (κ1) is 29.6. The summed E-state index contributed by atoms with van der Waals surface area (Å²) in [6.07, 6.45) is 2.11. The summed E-state index contributed by atoms with van der Waals surface area (Å²) in [6.45, 7) is 5.57. The zero-order valence-corrected chi connectivity index (χ0v) is 20.2. The number of rotatable bonds is 4. The van der Waals surface area contributed by atoms with Crippen molar-refractivity contribution in [2.45, 2.75) is 25.2 Å². The maximum Gasteiger partial charge on any atom is 0.490 e. The molecule has 5 rings (SSSR count). The Kier molecular flexibility index (Phi) is 9.32. The molecule has 3 aromatic rings. The van der Waals surface area contributed by atoms with E-state index in [9.17, 15) is 26.3 Å². The smallest absolute Gasteiger partial charge is 0.475 e. The Morgan fingerprint density at radius 3 is 1.90 bits per heavy atom. The lowest BCUT2D eigenvalue weighted by Crippen LogP contribution is -2.47. The molecule has 212 valence electrons. The van der Waals surface area contributed by atoms with E-state index in [4.69, 9.17) is 19.8 Å². The van der Waals surface area contributed by atoms with Crippen molar-refractivity contribution >= 4 is 23.4 Å². The Bertz CT molecular complexity index is 1230. The second-order valence-corrected chi connectivity index (χ2v) is 8.66. The molecule has 2 aliphatic rings. The van der Waals surface area contributed by atoms with Crippen LogP contribution in [0.1, 0.15) is 12.8 Å². The van der Waals surface area contributed by atoms with Crippen LogP contribution in [0, 0.1) is 5.92 Å². The van der Waals surface area contributed by atoms with Gasteiger partial charge in [0.15, 0.2) is 11.5 Å². The summed E-state index contributed by atoms with van der Waals surface area (Å²) < 4.78 is 65.6. The number of hydrogen-bond donors (Lipinski definition) is 2. The molecule has 0 amide bonds. The molecule has 0 radical (unpaired) electrons. The fourth-order valence-corrected chi connectivity index (χ4v) is 3.67. The standard InChI is InChI=1S/C19H22N6.2C2HF3O2/c1-2-15(1)14-23-9-11-24(12-10-23)18-19-22-13-17(25(19)8-7-21-18)16-3-5-20-6-4-16;2*3-2(4,5)1(6)7/h3-8,13,15H,1-2,9-12,14H2;2*(H,6,7). The topological polar surface area (TPSA) is 124 Å². The van der Waals surface area contributed by atoms with E-state index in [2.05, 4.69) is 29.2 Å². The predicted molar refractivity (Wildman–Crippen MR) is 125 cm³/mol. The monoisotopic (exact) mass is 562 g/mol. The molecule has 3 aromatic heterocycles. The second kappa shape index (κ2) is 12.3. The number of carboxylic acids is 2. The van der Waals surface area contributed by atoms with Crippen molar-refractivity contribution in [1.29, 1.82) is 0 Å². The Morgan fingerprint density at radius 1 is 0.872 bits per heavy atom. The van der Waals surface area contributed by atoms with Gasteiger partial charge in [0.1, 0.15) is 0 Å². The Balaban J connectivity index is 0.000000251. The van der Waals surface area contributed by atoms with E-state index in [0.29, 0.717) is 0 Å². The number of hydrogen-bond acceptors (Lipinski definition) is 7. The van der Waals surface area contributed by atoms with Crippen LogP contribution < -0.4 is 4.90 Å². The summed E-state index contributed by atoms with van der Waals surface area (Å²) in [5, 5.41) is 14.2. The number of aromatic nitrogens is 4. The molecule has 0 aromatic carbocycles. The molecule has 10 nitrogen and oxygen atoms in total. The average molecular weight is 562 g/mol. The van der Waals surface area contributed by atoms with E-state index in [1.54, 1.807) is 0 Å². The van der Waals surface area contributed by atoms with Crippen molar-refractivity contribution in [2.24, 2.45) is 5.92 Å². The van der Waals surface area contributed by atoms with E-state index in [1.165, 1.54) is 19.4 Å². The predicted octanol–water partition coefficient (Wildman–Crippen LogP) is 3.59. The lowest BCUT2D eigenvalue weighted by atomic mass is 10.2. The number of halogens is 6. The van der Waals surface area contributed by atoms with Crippen molar-refractivity contribution in [1.82, 2.24) is 24.3 Å². The van der Waals surface area contributed by atoms with Gasteiger partial charge in [-0.3, -0.25) is 14.3 Å². The third-order valence-electron chi connectivity index (χ3n) is 5.76. The summed E-state index contributed by atoms with van der Waals surface area (Å²) in [4.78, 5) is 36.2. The number of carboxylic acid groups (broad SMARTS) is 2. The van der Waals surface area contributed by atoms with Gasteiger partial charge in [0, 0.05) is 63.1 Å². The van der Waals surface area contributed by atoms with Gasteiger partial charge in [0.05, 0.1) is 11.9 Å². The van der Waals surface area contributed by atoms with Crippen LogP contribution in [-0.2, 0) is 9.59 Å². The van der Waals surface area contributed by atoms with Crippen molar-refractivity contribution in [3.8, 4) is 11.3 Å². The minimum atomic E-state index is -5.08. The number of pyridine rings is 1. The number of carbonyl (C=O) groups is 2. The minimum Gasteiger partial charge on any atom is -0.475 e. The zero-order chi connectivity index (χ0) is 28.8. The zero-order valence-electron chi connectivity index (χ0n) is 20.2. The molecule has 2 N–H and O–H groups in total. The van der Waals surface area contributed by atoms with Gasteiger partial charge >= 0.3 is 24.3 Å². The fraction of sp³-hybridized carbons (Fsp3) is 0.435. The SMILES string of the molecule is O=C(O)C(F)(F)F.O=C(O)C(F)(F)F.c1cc(-c2cnc3c(N4CCN(CC5CC5)CC4)nccn23)ccn1. The molecule has 1 saturated heterocycles. The highest BCUT2D eigenvalue weighted by Gasteiger charge is 2.39. The lowest BCUT2D eigenvalue weighted by Gasteiger charge is -2.35. The highest BCUT2D eigenvalue weighted by atomic mass is 19.4. The number of anilines is 1. The molecular weight excluding hydrogens is 538 g/mol. The van der Waals surface area contributed by atoms with Crippen molar-refractivity contribution in [2.75, 3.05) is 37.6 Å². The number of alkyl halides is 6. The first-order valence-corrected chi connectivity index (χ1v) is 11.6. The summed E-state index contributed by atoms with van der Waals surface area (Å²) in [7, 11) is 0. The summed E-state index contributed by atoms with van der Waals surface area (Å²) in [5.41, 5.74) is 3.13. The second-order valence-electron chi connectivity index (χ2n) is 8.66. The van der Waals surface area contributed by atoms with Crippen LogP contribution in [0.2, 0.25) is 0 Å². The molecule has 0 atom stereocenters. The number of imidazole rings is 1. The van der Waals surface area contributed by atoms with Gasteiger partial charge in [-0.05, 0) is 30.9 Å². The Morgan fingerprint density at radius 2 is 1.41 bits per heavy atom. The van der Waals surface area contributed by atoms with Gasteiger partial charge in [-0.2, -0.15) is 26.3 Å². The molecule has 16 heteroatoms. The van der Waals surface area contributed by atoms with Gasteiger partial charge in [0.25, 0.3) is 0 Å². The van der Waals surface area contributed by atoms with E-state index in [-0.39, 0.29) is 0 Å². The largest absolute Gasteiger partial charge is 0.490 e. The molecule has 4 heterocycles. The van der Waals surface area contributed by atoms with Crippen LogP contribution >= 0.6 is 0 Å². The van der Waals surface area contributed by atoms with Gasteiger partial charge in [-0.25, -0.2) is 19.6 Å². The summed E-state index contributed by atoms with van der Waals surface area (Å²) in [5.74, 6) is -3.56. The average Bonchev–Trinajstić information content (AvgIpc) is 3.59. The number of fused-ring (bicyclic) bond motifs is 1. The fourth-order valence-electron chi connectivity index (χ4n) is 3.67. The first-order chi connectivity index (χ1) is 18.3. The molecule has 0 bridgehead atoms. The van der Waals surface area contributed by atoms with Crippen molar-refractivity contribution in [3.63, 3.8) is 0 Å². The highest BCUT2D eigenvalue weighted by molar-refractivity contribution is 5.73. The van der Waals surface area contributed by atoms with Crippen LogP contribution in [-0.4, -0.2) is 91.5 Å². The maximum atomic E-state index is 10.6.